The van der Waals surface area contributed by atoms with Gasteiger partial charge in [0.05, 0.1) is 10.6 Å². The van der Waals surface area contributed by atoms with E-state index in [-0.39, 0.29) is 18.6 Å². The molecule has 3 N–H and O–H groups in total. The summed E-state index contributed by atoms with van der Waals surface area (Å²) in [6, 6.07) is 5.71. The second-order valence-corrected chi connectivity index (χ2v) is 5.33. The number of H-pyrrole nitrogens is 1. The van der Waals surface area contributed by atoms with E-state index in [1.54, 1.807) is 17.4 Å². The van der Waals surface area contributed by atoms with E-state index in [4.69, 9.17) is 5.11 Å². The number of aliphatic hydroxyl groups is 1. The lowest BCUT2D eigenvalue weighted by molar-refractivity contribution is 0.0931. The van der Waals surface area contributed by atoms with Crippen molar-refractivity contribution in [3.8, 4) is 10.6 Å². The maximum Gasteiger partial charge on any atom is 0.271 e. The van der Waals surface area contributed by atoms with Crippen molar-refractivity contribution < 1.29 is 9.90 Å². The summed E-state index contributed by atoms with van der Waals surface area (Å²) in [5.74, 6) is -0.190. The highest BCUT2D eigenvalue weighted by atomic mass is 32.1. The molecule has 2 aromatic heterocycles. The number of rotatable bonds is 6. The summed E-state index contributed by atoms with van der Waals surface area (Å²) in [6.45, 7) is 2.06. The molecule has 0 spiro atoms. The Morgan fingerprint density at radius 1 is 1.63 bits per heavy atom. The van der Waals surface area contributed by atoms with E-state index in [1.807, 2.05) is 24.4 Å². The average Bonchev–Trinajstić information content (AvgIpc) is 3.05. The SMILES string of the molecule is CC(CCCO)NC(=O)c1cc(-c2cccs2)[nH]n1. The van der Waals surface area contributed by atoms with Crippen LogP contribution in [0.5, 0.6) is 0 Å². The van der Waals surface area contributed by atoms with Gasteiger partial charge in [-0.3, -0.25) is 9.89 Å². The molecule has 0 saturated heterocycles. The van der Waals surface area contributed by atoms with E-state index in [2.05, 4.69) is 15.5 Å². The van der Waals surface area contributed by atoms with Gasteiger partial charge in [-0.15, -0.1) is 11.3 Å². The molecule has 0 bridgehead atoms. The Kier molecular flexibility index (Phi) is 4.70. The molecule has 102 valence electrons. The highest BCUT2D eigenvalue weighted by Gasteiger charge is 2.13. The van der Waals surface area contributed by atoms with Crippen LogP contribution in [-0.4, -0.2) is 33.9 Å². The molecule has 5 nitrogen and oxygen atoms in total. The number of aromatic amines is 1. The fraction of sp³-hybridized carbons (Fsp3) is 0.385. The molecule has 1 atom stereocenters. The van der Waals surface area contributed by atoms with Crippen LogP contribution in [0.1, 0.15) is 30.3 Å². The van der Waals surface area contributed by atoms with Crippen molar-refractivity contribution in [1.82, 2.24) is 15.5 Å². The van der Waals surface area contributed by atoms with E-state index >= 15 is 0 Å². The normalized spacial score (nSPS) is 12.3. The van der Waals surface area contributed by atoms with Crippen LogP contribution in [0, 0.1) is 0 Å². The van der Waals surface area contributed by atoms with Gasteiger partial charge in [-0.2, -0.15) is 5.10 Å². The number of nitrogens with one attached hydrogen (secondary N) is 2. The summed E-state index contributed by atoms with van der Waals surface area (Å²) in [4.78, 5) is 13.0. The summed E-state index contributed by atoms with van der Waals surface area (Å²) in [7, 11) is 0. The summed E-state index contributed by atoms with van der Waals surface area (Å²) < 4.78 is 0. The van der Waals surface area contributed by atoms with Crippen LogP contribution in [-0.2, 0) is 0 Å². The van der Waals surface area contributed by atoms with Crippen molar-refractivity contribution in [3.05, 3.63) is 29.3 Å². The van der Waals surface area contributed by atoms with Crippen LogP contribution in [0.25, 0.3) is 10.6 Å². The van der Waals surface area contributed by atoms with Crippen LogP contribution in [0.2, 0.25) is 0 Å². The lowest BCUT2D eigenvalue weighted by atomic mass is 10.2. The van der Waals surface area contributed by atoms with Crippen LogP contribution >= 0.6 is 11.3 Å². The van der Waals surface area contributed by atoms with Gasteiger partial charge in [-0.25, -0.2) is 0 Å². The Morgan fingerprint density at radius 2 is 2.47 bits per heavy atom. The van der Waals surface area contributed by atoms with E-state index in [9.17, 15) is 4.79 Å². The fourth-order valence-corrected chi connectivity index (χ4v) is 2.46. The Hall–Kier alpha value is -1.66. The summed E-state index contributed by atoms with van der Waals surface area (Å²) in [5.41, 5.74) is 1.24. The first kappa shape index (κ1) is 13.8. The second kappa shape index (κ2) is 6.49. The molecule has 1 unspecified atom stereocenters. The minimum absolute atomic E-state index is 0.0292. The molecule has 1 amide bonds. The number of carbonyl (C=O) groups excluding carboxylic acids is 1. The third-order valence-corrected chi connectivity index (χ3v) is 3.67. The van der Waals surface area contributed by atoms with Gasteiger partial charge >= 0.3 is 0 Å². The number of hydrogen-bond acceptors (Lipinski definition) is 4. The quantitative estimate of drug-likeness (QED) is 0.757. The number of amides is 1. The van der Waals surface area contributed by atoms with Crippen molar-refractivity contribution >= 4 is 17.2 Å². The minimum Gasteiger partial charge on any atom is -0.396 e. The van der Waals surface area contributed by atoms with Crippen molar-refractivity contribution in [3.63, 3.8) is 0 Å². The van der Waals surface area contributed by atoms with Gasteiger partial charge in [0.25, 0.3) is 5.91 Å². The largest absolute Gasteiger partial charge is 0.396 e. The third kappa shape index (κ3) is 3.65. The zero-order valence-electron chi connectivity index (χ0n) is 10.7. The van der Waals surface area contributed by atoms with Crippen LogP contribution in [0.4, 0.5) is 0 Å². The molecular formula is C13H17N3O2S. The highest BCUT2D eigenvalue weighted by molar-refractivity contribution is 7.13. The molecule has 0 fully saturated rings. The number of hydrogen-bond donors (Lipinski definition) is 3. The van der Waals surface area contributed by atoms with E-state index in [1.165, 1.54) is 0 Å². The molecular weight excluding hydrogens is 262 g/mol. The van der Waals surface area contributed by atoms with Gasteiger partial charge in [0.1, 0.15) is 0 Å². The molecule has 6 heteroatoms. The van der Waals surface area contributed by atoms with Gasteiger partial charge < -0.3 is 10.4 Å². The minimum atomic E-state index is -0.190. The summed E-state index contributed by atoms with van der Waals surface area (Å²) >= 11 is 1.60. The van der Waals surface area contributed by atoms with Crippen LogP contribution in [0.3, 0.4) is 0 Å². The summed E-state index contributed by atoms with van der Waals surface area (Å²) in [5, 5.41) is 20.5. The lowest BCUT2D eigenvalue weighted by Gasteiger charge is -2.11. The first-order valence-corrected chi connectivity index (χ1v) is 7.09. The monoisotopic (exact) mass is 279 g/mol. The van der Waals surface area contributed by atoms with Gasteiger partial charge in [-0.1, -0.05) is 6.07 Å². The Labute approximate surface area is 115 Å². The first-order valence-electron chi connectivity index (χ1n) is 6.21. The summed E-state index contributed by atoms with van der Waals surface area (Å²) in [6.07, 6.45) is 1.44. The van der Waals surface area contributed by atoms with Crippen molar-refractivity contribution in [2.24, 2.45) is 0 Å². The van der Waals surface area contributed by atoms with Gasteiger partial charge in [0.15, 0.2) is 5.69 Å². The highest BCUT2D eigenvalue weighted by Crippen LogP contribution is 2.22. The lowest BCUT2D eigenvalue weighted by Crippen LogP contribution is -2.32. The molecule has 0 radical (unpaired) electrons. The standard InChI is InChI=1S/C13H17N3O2S/c1-9(4-2-6-17)14-13(18)11-8-10(15-16-11)12-5-3-7-19-12/h3,5,7-9,17H,2,4,6H2,1H3,(H,14,18)(H,15,16). The number of carbonyl (C=O) groups is 1. The van der Waals surface area contributed by atoms with Gasteiger partial charge in [-0.05, 0) is 37.3 Å². The van der Waals surface area contributed by atoms with Crippen LogP contribution < -0.4 is 5.32 Å². The van der Waals surface area contributed by atoms with E-state index in [0.717, 1.165) is 17.0 Å². The molecule has 2 heterocycles. The van der Waals surface area contributed by atoms with Crippen molar-refractivity contribution in [2.45, 2.75) is 25.8 Å². The number of thiophene rings is 1. The van der Waals surface area contributed by atoms with Crippen LogP contribution in [0.15, 0.2) is 23.6 Å². The number of aliphatic hydroxyl groups excluding tert-OH is 1. The first-order chi connectivity index (χ1) is 9.20. The predicted octanol–water partition coefficient (Wildman–Crippen LogP) is 2.03. The molecule has 0 aliphatic carbocycles. The zero-order chi connectivity index (χ0) is 13.7. The topological polar surface area (TPSA) is 78.0 Å². The Morgan fingerprint density at radius 3 is 3.16 bits per heavy atom. The number of nitrogens with zero attached hydrogens (tertiary/aromatic N) is 1. The van der Waals surface area contributed by atoms with Crippen molar-refractivity contribution in [2.75, 3.05) is 6.61 Å². The van der Waals surface area contributed by atoms with E-state index in [0.29, 0.717) is 12.1 Å². The van der Waals surface area contributed by atoms with E-state index < -0.39 is 0 Å². The van der Waals surface area contributed by atoms with Crippen molar-refractivity contribution in [1.29, 1.82) is 0 Å². The molecule has 2 rings (SSSR count). The molecule has 19 heavy (non-hydrogen) atoms. The Balaban J connectivity index is 1.96. The maximum atomic E-state index is 11.9. The molecule has 2 aromatic rings. The molecule has 0 aliphatic heterocycles. The number of aromatic nitrogens is 2. The zero-order valence-corrected chi connectivity index (χ0v) is 11.5. The second-order valence-electron chi connectivity index (χ2n) is 4.38. The maximum absolute atomic E-state index is 11.9. The molecule has 0 aliphatic rings. The Bertz CT molecular complexity index is 522. The predicted molar refractivity (Wildman–Crippen MR) is 75.1 cm³/mol. The molecule has 0 saturated carbocycles. The smallest absolute Gasteiger partial charge is 0.271 e. The van der Waals surface area contributed by atoms with Gasteiger partial charge in [0.2, 0.25) is 0 Å². The fourth-order valence-electron chi connectivity index (χ4n) is 1.76. The molecule has 0 aromatic carbocycles. The average molecular weight is 279 g/mol. The van der Waals surface area contributed by atoms with Gasteiger partial charge in [0, 0.05) is 12.6 Å². The third-order valence-electron chi connectivity index (χ3n) is 2.77.